The van der Waals surface area contributed by atoms with Crippen molar-refractivity contribution in [2.75, 3.05) is 7.05 Å². The van der Waals surface area contributed by atoms with Gasteiger partial charge in [-0.1, -0.05) is 35.9 Å². The van der Waals surface area contributed by atoms with E-state index in [2.05, 4.69) is 51.1 Å². The number of aromatic nitrogens is 1. The molecule has 1 N–H and O–H groups in total. The highest BCUT2D eigenvalue weighted by atomic mass is 127. The third-order valence-corrected chi connectivity index (χ3v) is 4.79. The fourth-order valence-electron chi connectivity index (χ4n) is 2.58. The molecule has 1 aromatic heterocycles. The van der Waals surface area contributed by atoms with Crippen molar-refractivity contribution in [3.63, 3.8) is 0 Å². The first kappa shape index (κ1) is 14.8. The highest BCUT2D eigenvalue weighted by Crippen LogP contribution is 2.31. The quantitative estimate of drug-likeness (QED) is 0.630. The smallest absolute Gasteiger partial charge is 0.0606 e. The summed E-state index contributed by atoms with van der Waals surface area (Å²) in [7, 11) is 1.96. The predicted octanol–water partition coefficient (Wildman–Crippen LogP) is 4.80. The Morgan fingerprint density at radius 3 is 2.71 bits per heavy atom. The maximum atomic E-state index is 6.18. The molecular formula is C17H14ClIN2. The Balaban J connectivity index is 2.21. The highest BCUT2D eigenvalue weighted by molar-refractivity contribution is 14.1. The first-order valence-electron chi connectivity index (χ1n) is 6.65. The Hall–Kier alpha value is -1.17. The van der Waals surface area contributed by atoms with Crippen molar-refractivity contribution in [3.8, 4) is 0 Å². The summed E-state index contributed by atoms with van der Waals surface area (Å²) >= 11 is 8.52. The zero-order valence-corrected chi connectivity index (χ0v) is 14.4. The van der Waals surface area contributed by atoms with Gasteiger partial charge in [-0.3, -0.25) is 4.98 Å². The Bertz CT molecular complexity index is 783. The van der Waals surface area contributed by atoms with E-state index in [4.69, 9.17) is 11.6 Å². The van der Waals surface area contributed by atoms with Crippen LogP contribution in [-0.4, -0.2) is 12.0 Å². The molecule has 1 unspecified atom stereocenters. The van der Waals surface area contributed by atoms with Crippen molar-refractivity contribution in [2.45, 2.75) is 6.04 Å². The lowest BCUT2D eigenvalue weighted by atomic mass is 9.96. The Morgan fingerprint density at radius 1 is 1.10 bits per heavy atom. The zero-order valence-electron chi connectivity index (χ0n) is 11.5. The number of nitrogens with one attached hydrogen (secondary N) is 1. The molecular weight excluding hydrogens is 395 g/mol. The summed E-state index contributed by atoms with van der Waals surface area (Å²) in [4.78, 5) is 4.38. The summed E-state index contributed by atoms with van der Waals surface area (Å²) in [5.41, 5.74) is 2.33. The van der Waals surface area contributed by atoms with Gasteiger partial charge >= 0.3 is 0 Å². The molecule has 0 aliphatic heterocycles. The van der Waals surface area contributed by atoms with E-state index in [0.29, 0.717) is 0 Å². The zero-order chi connectivity index (χ0) is 14.8. The number of fused-ring (bicyclic) bond motifs is 1. The average molecular weight is 409 g/mol. The maximum absolute atomic E-state index is 6.18. The van der Waals surface area contributed by atoms with E-state index in [1.54, 1.807) is 0 Å². The number of pyridine rings is 1. The summed E-state index contributed by atoms with van der Waals surface area (Å²) in [6, 6.07) is 14.4. The summed E-state index contributed by atoms with van der Waals surface area (Å²) in [6.07, 6.45) is 3.83. The van der Waals surface area contributed by atoms with Gasteiger partial charge in [0.15, 0.2) is 0 Å². The third kappa shape index (κ3) is 2.91. The average Bonchev–Trinajstić information content (AvgIpc) is 2.51. The van der Waals surface area contributed by atoms with Gasteiger partial charge < -0.3 is 5.32 Å². The van der Waals surface area contributed by atoms with Crippen molar-refractivity contribution >= 4 is 45.0 Å². The molecule has 2 nitrogen and oxygen atoms in total. The summed E-state index contributed by atoms with van der Waals surface area (Å²) < 4.78 is 1.18. The molecule has 21 heavy (non-hydrogen) atoms. The van der Waals surface area contributed by atoms with Gasteiger partial charge in [-0.05, 0) is 64.4 Å². The van der Waals surface area contributed by atoms with Crippen LogP contribution in [0.1, 0.15) is 17.2 Å². The highest BCUT2D eigenvalue weighted by Gasteiger charge is 2.18. The van der Waals surface area contributed by atoms with Gasteiger partial charge in [0, 0.05) is 26.4 Å². The molecule has 0 aliphatic carbocycles. The standard InChI is InChI=1S/C17H14ClIN2/c1-20-17(14-8-12(18)6-7-16(14)19)15-10-21-9-11-4-2-3-5-13(11)15/h2-10,17,20H,1H3. The SMILES string of the molecule is CNC(c1cc(Cl)ccc1I)c1cncc2ccccc12. The van der Waals surface area contributed by atoms with Crippen LogP contribution in [-0.2, 0) is 0 Å². The van der Waals surface area contributed by atoms with E-state index < -0.39 is 0 Å². The lowest BCUT2D eigenvalue weighted by Crippen LogP contribution is -2.19. The van der Waals surface area contributed by atoms with E-state index in [9.17, 15) is 0 Å². The molecule has 0 spiro atoms. The lowest BCUT2D eigenvalue weighted by Gasteiger charge is -2.20. The minimum absolute atomic E-state index is 0.0641. The molecule has 3 rings (SSSR count). The molecule has 4 heteroatoms. The van der Waals surface area contributed by atoms with Crippen molar-refractivity contribution < 1.29 is 0 Å². The largest absolute Gasteiger partial charge is 0.309 e. The lowest BCUT2D eigenvalue weighted by molar-refractivity contribution is 0.691. The Kier molecular flexibility index (Phi) is 4.42. The van der Waals surface area contributed by atoms with E-state index in [1.807, 2.05) is 43.7 Å². The summed E-state index contributed by atoms with van der Waals surface area (Å²) in [5.74, 6) is 0. The second-order valence-electron chi connectivity index (χ2n) is 4.84. The van der Waals surface area contributed by atoms with Gasteiger partial charge in [0.25, 0.3) is 0 Å². The van der Waals surface area contributed by atoms with Gasteiger partial charge in [0.2, 0.25) is 0 Å². The summed E-state index contributed by atoms with van der Waals surface area (Å²) in [6.45, 7) is 0. The van der Waals surface area contributed by atoms with Crippen LogP contribution in [0.3, 0.4) is 0 Å². The second kappa shape index (κ2) is 6.30. The van der Waals surface area contributed by atoms with Crippen molar-refractivity contribution in [3.05, 3.63) is 74.6 Å². The fourth-order valence-corrected chi connectivity index (χ4v) is 3.41. The Labute approximate surface area is 142 Å². The monoisotopic (exact) mass is 408 g/mol. The molecule has 0 aliphatic rings. The molecule has 0 fully saturated rings. The molecule has 3 aromatic rings. The van der Waals surface area contributed by atoms with Crippen LogP contribution in [0.15, 0.2) is 54.9 Å². The van der Waals surface area contributed by atoms with Gasteiger partial charge in [0.1, 0.15) is 0 Å². The topological polar surface area (TPSA) is 24.9 Å². The molecule has 0 saturated carbocycles. The minimum atomic E-state index is 0.0641. The maximum Gasteiger partial charge on any atom is 0.0606 e. The van der Waals surface area contributed by atoms with Crippen molar-refractivity contribution in [1.29, 1.82) is 0 Å². The van der Waals surface area contributed by atoms with Crippen LogP contribution in [0.2, 0.25) is 5.02 Å². The number of rotatable bonds is 3. The third-order valence-electron chi connectivity index (χ3n) is 3.57. The fraction of sp³-hybridized carbons (Fsp3) is 0.118. The van der Waals surface area contributed by atoms with Gasteiger partial charge in [-0.25, -0.2) is 0 Å². The molecule has 0 saturated heterocycles. The normalized spacial score (nSPS) is 12.5. The summed E-state index contributed by atoms with van der Waals surface area (Å²) in [5, 5.41) is 6.50. The van der Waals surface area contributed by atoms with Crippen molar-refractivity contribution in [1.82, 2.24) is 10.3 Å². The van der Waals surface area contributed by atoms with E-state index in [-0.39, 0.29) is 6.04 Å². The number of halogens is 2. The van der Waals surface area contributed by atoms with Crippen LogP contribution in [0.4, 0.5) is 0 Å². The number of benzene rings is 2. The van der Waals surface area contributed by atoms with Gasteiger partial charge in [-0.2, -0.15) is 0 Å². The van der Waals surface area contributed by atoms with Crippen LogP contribution in [0, 0.1) is 3.57 Å². The van der Waals surface area contributed by atoms with Crippen LogP contribution in [0.5, 0.6) is 0 Å². The minimum Gasteiger partial charge on any atom is -0.309 e. The number of hydrogen-bond donors (Lipinski definition) is 1. The van der Waals surface area contributed by atoms with E-state index >= 15 is 0 Å². The van der Waals surface area contributed by atoms with Gasteiger partial charge in [0.05, 0.1) is 6.04 Å². The predicted molar refractivity (Wildman–Crippen MR) is 96.8 cm³/mol. The second-order valence-corrected chi connectivity index (χ2v) is 6.44. The molecule has 106 valence electrons. The van der Waals surface area contributed by atoms with E-state index in [0.717, 1.165) is 16.0 Å². The molecule has 0 bridgehead atoms. The molecule has 0 amide bonds. The van der Waals surface area contributed by atoms with Crippen LogP contribution >= 0.6 is 34.2 Å². The molecule has 1 heterocycles. The molecule has 0 radical (unpaired) electrons. The van der Waals surface area contributed by atoms with Gasteiger partial charge in [-0.15, -0.1) is 0 Å². The van der Waals surface area contributed by atoms with Crippen molar-refractivity contribution in [2.24, 2.45) is 0 Å². The molecule has 2 aromatic carbocycles. The number of hydrogen-bond acceptors (Lipinski definition) is 2. The van der Waals surface area contributed by atoms with Crippen LogP contribution < -0.4 is 5.32 Å². The van der Waals surface area contributed by atoms with E-state index in [1.165, 1.54) is 14.5 Å². The first-order valence-corrected chi connectivity index (χ1v) is 8.11. The first-order chi connectivity index (χ1) is 10.2. The number of nitrogens with zero attached hydrogens (tertiary/aromatic N) is 1. The Morgan fingerprint density at radius 2 is 1.90 bits per heavy atom. The van der Waals surface area contributed by atoms with Crippen LogP contribution in [0.25, 0.3) is 10.8 Å². The molecule has 1 atom stereocenters.